The van der Waals surface area contributed by atoms with Gasteiger partial charge in [-0.1, -0.05) is 11.6 Å². The van der Waals surface area contributed by atoms with Crippen molar-refractivity contribution in [2.24, 2.45) is 0 Å². The van der Waals surface area contributed by atoms with Crippen molar-refractivity contribution < 1.29 is 8.42 Å². The van der Waals surface area contributed by atoms with Crippen LogP contribution in [0.2, 0.25) is 5.02 Å². The first kappa shape index (κ1) is 11.8. The Bertz CT molecular complexity index is 723. The van der Waals surface area contributed by atoms with Crippen LogP contribution in [0.4, 0.5) is 5.95 Å². The van der Waals surface area contributed by atoms with Crippen molar-refractivity contribution in [2.75, 3.05) is 17.2 Å². The molecule has 1 unspecified atom stereocenters. The molecular formula is C11H12ClN3O2S. The molecule has 2 aromatic rings. The van der Waals surface area contributed by atoms with Crippen LogP contribution in [-0.2, 0) is 9.84 Å². The minimum Gasteiger partial charge on any atom is -0.369 e. The summed E-state index contributed by atoms with van der Waals surface area (Å²) in [6.45, 7) is 0. The zero-order valence-corrected chi connectivity index (χ0v) is 11.1. The fraction of sp³-hybridized carbons (Fsp3) is 0.364. The Hall–Kier alpha value is -1.27. The van der Waals surface area contributed by atoms with Gasteiger partial charge in [-0.15, -0.1) is 0 Å². The Labute approximate surface area is 109 Å². The predicted molar refractivity (Wildman–Crippen MR) is 71.5 cm³/mol. The number of aromatic nitrogens is 2. The summed E-state index contributed by atoms with van der Waals surface area (Å²) in [6, 6.07) is 5.19. The number of nitrogen functional groups attached to an aromatic ring is 1. The number of hydrogen-bond donors (Lipinski definition) is 1. The van der Waals surface area contributed by atoms with Gasteiger partial charge in [0, 0.05) is 5.02 Å². The number of anilines is 1. The quantitative estimate of drug-likeness (QED) is 0.864. The van der Waals surface area contributed by atoms with E-state index in [-0.39, 0.29) is 17.5 Å². The van der Waals surface area contributed by atoms with Crippen LogP contribution >= 0.6 is 11.6 Å². The van der Waals surface area contributed by atoms with E-state index < -0.39 is 9.84 Å². The first-order valence-electron chi connectivity index (χ1n) is 5.60. The normalized spacial score (nSPS) is 22.6. The van der Waals surface area contributed by atoms with E-state index in [4.69, 9.17) is 17.3 Å². The molecule has 96 valence electrons. The molecule has 0 radical (unpaired) electrons. The second kappa shape index (κ2) is 3.86. The summed E-state index contributed by atoms with van der Waals surface area (Å²) < 4.78 is 24.9. The van der Waals surface area contributed by atoms with Crippen molar-refractivity contribution in [3.63, 3.8) is 0 Å². The zero-order chi connectivity index (χ0) is 12.9. The Morgan fingerprint density at radius 2 is 2.22 bits per heavy atom. The van der Waals surface area contributed by atoms with Crippen LogP contribution in [0.15, 0.2) is 18.2 Å². The standard InChI is InChI=1S/C11H12ClN3O2S/c12-7-1-2-10-9(5-7)14-11(13)15(10)8-3-4-18(16,17)6-8/h1-2,5,8H,3-4,6H2,(H2,13,14). The lowest BCUT2D eigenvalue weighted by atomic mass is 10.2. The van der Waals surface area contributed by atoms with Crippen molar-refractivity contribution in [3.05, 3.63) is 23.2 Å². The number of imidazole rings is 1. The lowest BCUT2D eigenvalue weighted by Gasteiger charge is -2.12. The smallest absolute Gasteiger partial charge is 0.201 e. The van der Waals surface area contributed by atoms with Gasteiger partial charge in [-0.3, -0.25) is 0 Å². The van der Waals surface area contributed by atoms with Gasteiger partial charge in [-0.05, 0) is 24.6 Å². The molecule has 1 aliphatic rings. The molecule has 1 aromatic carbocycles. The van der Waals surface area contributed by atoms with E-state index in [0.29, 0.717) is 22.9 Å². The number of rotatable bonds is 1. The molecule has 1 aromatic heterocycles. The lowest BCUT2D eigenvalue weighted by molar-refractivity contribution is 0.575. The molecule has 1 fully saturated rings. The number of hydrogen-bond acceptors (Lipinski definition) is 4. The molecule has 7 heteroatoms. The molecule has 1 aliphatic heterocycles. The van der Waals surface area contributed by atoms with Gasteiger partial charge in [0.15, 0.2) is 9.84 Å². The van der Waals surface area contributed by atoms with Gasteiger partial charge >= 0.3 is 0 Å². The van der Waals surface area contributed by atoms with E-state index in [9.17, 15) is 8.42 Å². The van der Waals surface area contributed by atoms with Gasteiger partial charge in [-0.2, -0.15) is 0 Å². The first-order chi connectivity index (χ1) is 8.46. The number of fused-ring (bicyclic) bond motifs is 1. The van der Waals surface area contributed by atoms with Crippen molar-refractivity contribution in [1.82, 2.24) is 9.55 Å². The van der Waals surface area contributed by atoms with E-state index in [2.05, 4.69) is 4.98 Å². The molecule has 0 amide bonds. The molecule has 1 saturated heterocycles. The van der Waals surface area contributed by atoms with Crippen LogP contribution in [0.25, 0.3) is 11.0 Å². The Kier molecular flexibility index (Phi) is 2.53. The minimum atomic E-state index is -2.95. The van der Waals surface area contributed by atoms with Gasteiger partial charge in [0.2, 0.25) is 5.95 Å². The van der Waals surface area contributed by atoms with E-state index >= 15 is 0 Å². The zero-order valence-electron chi connectivity index (χ0n) is 9.51. The summed E-state index contributed by atoms with van der Waals surface area (Å²) in [7, 11) is -2.95. The molecule has 1 atom stereocenters. The van der Waals surface area contributed by atoms with Crippen LogP contribution in [0, 0.1) is 0 Å². The molecule has 5 nitrogen and oxygen atoms in total. The Balaban J connectivity index is 2.15. The molecular weight excluding hydrogens is 274 g/mol. The molecule has 0 bridgehead atoms. The predicted octanol–water partition coefficient (Wildman–Crippen LogP) is 1.63. The summed E-state index contributed by atoms with van der Waals surface area (Å²) in [5.41, 5.74) is 7.42. The number of halogens is 1. The van der Waals surface area contributed by atoms with Crippen LogP contribution in [0.5, 0.6) is 0 Å². The average Bonchev–Trinajstić information content (AvgIpc) is 2.77. The number of benzene rings is 1. The van der Waals surface area contributed by atoms with Crippen LogP contribution < -0.4 is 5.73 Å². The van der Waals surface area contributed by atoms with Gasteiger partial charge < -0.3 is 10.3 Å². The fourth-order valence-corrected chi connectivity index (χ4v) is 4.32. The topological polar surface area (TPSA) is 78.0 Å². The maximum atomic E-state index is 11.5. The number of nitrogens with two attached hydrogens (primary N) is 1. The highest BCUT2D eigenvalue weighted by Crippen LogP contribution is 2.31. The molecule has 18 heavy (non-hydrogen) atoms. The maximum Gasteiger partial charge on any atom is 0.201 e. The lowest BCUT2D eigenvalue weighted by Crippen LogP contribution is -2.13. The highest BCUT2D eigenvalue weighted by molar-refractivity contribution is 7.91. The van der Waals surface area contributed by atoms with Crippen LogP contribution in [0.3, 0.4) is 0 Å². The SMILES string of the molecule is Nc1nc2cc(Cl)ccc2n1C1CCS(=O)(=O)C1. The average molecular weight is 286 g/mol. The summed E-state index contributed by atoms with van der Waals surface area (Å²) in [4.78, 5) is 4.23. The maximum absolute atomic E-state index is 11.5. The minimum absolute atomic E-state index is 0.124. The van der Waals surface area contributed by atoms with E-state index in [0.717, 1.165) is 5.52 Å². The summed E-state index contributed by atoms with van der Waals surface area (Å²) >= 11 is 5.90. The van der Waals surface area contributed by atoms with Gasteiger partial charge in [0.1, 0.15) is 0 Å². The molecule has 0 aliphatic carbocycles. The van der Waals surface area contributed by atoms with Crippen molar-refractivity contribution in [1.29, 1.82) is 0 Å². The number of nitrogens with zero attached hydrogens (tertiary/aromatic N) is 2. The monoisotopic (exact) mass is 285 g/mol. The van der Waals surface area contributed by atoms with E-state index in [1.54, 1.807) is 16.7 Å². The molecule has 2 N–H and O–H groups in total. The molecule has 2 heterocycles. The third-order valence-corrected chi connectivity index (χ3v) is 5.24. The number of sulfone groups is 1. The molecule has 3 rings (SSSR count). The summed E-state index contributed by atoms with van der Waals surface area (Å²) in [6.07, 6.45) is 0.584. The van der Waals surface area contributed by atoms with E-state index in [1.165, 1.54) is 0 Å². The van der Waals surface area contributed by atoms with Crippen molar-refractivity contribution >= 4 is 38.4 Å². The third-order valence-electron chi connectivity index (χ3n) is 3.25. The third kappa shape index (κ3) is 1.85. The second-order valence-electron chi connectivity index (χ2n) is 4.53. The Morgan fingerprint density at radius 3 is 2.89 bits per heavy atom. The van der Waals surface area contributed by atoms with Crippen molar-refractivity contribution in [2.45, 2.75) is 12.5 Å². The summed E-state index contributed by atoms with van der Waals surface area (Å²) in [5.74, 6) is 0.685. The fourth-order valence-electron chi connectivity index (χ4n) is 2.45. The second-order valence-corrected chi connectivity index (χ2v) is 7.20. The highest BCUT2D eigenvalue weighted by atomic mass is 35.5. The summed E-state index contributed by atoms with van der Waals surface area (Å²) in [5, 5.41) is 0.589. The largest absolute Gasteiger partial charge is 0.369 e. The van der Waals surface area contributed by atoms with Crippen LogP contribution in [0.1, 0.15) is 12.5 Å². The van der Waals surface area contributed by atoms with Gasteiger partial charge in [0.05, 0.1) is 28.6 Å². The molecule has 0 spiro atoms. The van der Waals surface area contributed by atoms with Gasteiger partial charge in [-0.25, -0.2) is 13.4 Å². The van der Waals surface area contributed by atoms with E-state index in [1.807, 2.05) is 6.07 Å². The first-order valence-corrected chi connectivity index (χ1v) is 7.79. The Morgan fingerprint density at radius 1 is 1.44 bits per heavy atom. The van der Waals surface area contributed by atoms with Gasteiger partial charge in [0.25, 0.3) is 0 Å². The highest BCUT2D eigenvalue weighted by Gasteiger charge is 2.31. The van der Waals surface area contributed by atoms with Crippen molar-refractivity contribution in [3.8, 4) is 0 Å². The van der Waals surface area contributed by atoms with Crippen LogP contribution in [-0.4, -0.2) is 29.5 Å². The molecule has 0 saturated carbocycles.